The van der Waals surface area contributed by atoms with Gasteiger partial charge < -0.3 is 14.8 Å². The Bertz CT molecular complexity index is 122. The lowest BCUT2D eigenvalue weighted by molar-refractivity contribution is -0.875. The molecule has 0 atom stereocenters. The van der Waals surface area contributed by atoms with Crippen LogP contribution in [-0.2, 0) is 4.79 Å². The zero-order valence-electron chi connectivity index (χ0n) is 10.1. The molecule has 0 bridgehead atoms. The van der Waals surface area contributed by atoms with Gasteiger partial charge in [0.2, 0.25) is 0 Å². The summed E-state index contributed by atoms with van der Waals surface area (Å²) in [6.45, 7) is 8.92. The zero-order chi connectivity index (χ0) is 11.4. The van der Waals surface area contributed by atoms with E-state index in [1.54, 1.807) is 4.90 Å². The van der Waals surface area contributed by atoms with E-state index < -0.39 is 5.97 Å². The molecule has 0 unspecified atom stereocenters. The van der Waals surface area contributed by atoms with Crippen molar-refractivity contribution in [1.29, 1.82) is 0 Å². The fourth-order valence-electron chi connectivity index (χ4n) is 0.769. The summed E-state index contributed by atoms with van der Waals surface area (Å²) in [6.07, 6.45) is 3.04. The highest BCUT2D eigenvalue weighted by molar-refractivity contribution is 5.63. The van der Waals surface area contributed by atoms with E-state index in [1.807, 2.05) is 6.92 Å². The number of carbonyl (C=O) groups excluding carboxylic acids is 1. The number of carbonyl (C=O) groups is 1. The molecule has 0 aromatic heterocycles. The largest absolute Gasteiger partial charge is 0.550 e. The Kier molecular flexibility index (Phi) is 14.1. The molecule has 14 heavy (non-hydrogen) atoms. The Balaban J connectivity index is 0. The number of nitrogens with one attached hydrogen (secondary N) is 1. The summed E-state index contributed by atoms with van der Waals surface area (Å²) in [5.74, 6) is -0.932. The van der Waals surface area contributed by atoms with Crippen molar-refractivity contribution in [3.8, 4) is 0 Å². The topological polar surface area (TPSA) is 44.6 Å². The molecule has 0 rings (SSSR count). The normalized spacial score (nSPS) is 9.50. The Hall–Kier alpha value is -0.570. The van der Waals surface area contributed by atoms with Crippen LogP contribution in [0, 0.1) is 0 Å². The van der Waals surface area contributed by atoms with Crippen LogP contribution in [0.25, 0.3) is 0 Å². The summed E-state index contributed by atoms with van der Waals surface area (Å²) in [4.78, 5) is 11.4. The second-order valence-corrected chi connectivity index (χ2v) is 3.49. The van der Waals surface area contributed by atoms with Gasteiger partial charge in [-0.05, 0) is 26.7 Å². The molecule has 3 heteroatoms. The summed E-state index contributed by atoms with van der Waals surface area (Å²) in [6, 6.07) is 0. The quantitative estimate of drug-likeness (QED) is 0.611. The first-order chi connectivity index (χ1) is 6.58. The monoisotopic (exact) mass is 203 g/mol. The molecular formula is C11H25NO2. The van der Waals surface area contributed by atoms with Crippen molar-refractivity contribution < 1.29 is 14.8 Å². The van der Waals surface area contributed by atoms with Crippen LogP contribution in [0.2, 0.25) is 0 Å². The van der Waals surface area contributed by atoms with Crippen LogP contribution in [-0.4, -0.2) is 26.1 Å². The maximum atomic E-state index is 9.76. The molecular weight excluding hydrogens is 178 g/mol. The van der Waals surface area contributed by atoms with Crippen molar-refractivity contribution in [2.24, 2.45) is 0 Å². The van der Waals surface area contributed by atoms with Gasteiger partial charge in [0.1, 0.15) is 0 Å². The van der Waals surface area contributed by atoms with Crippen LogP contribution in [0.4, 0.5) is 0 Å². The Morgan fingerprint density at radius 1 is 1.14 bits per heavy atom. The zero-order valence-corrected chi connectivity index (χ0v) is 10.1. The minimum atomic E-state index is -0.932. The van der Waals surface area contributed by atoms with Gasteiger partial charge in [0.25, 0.3) is 0 Å². The third-order valence-corrected chi connectivity index (χ3v) is 2.19. The number of hydrogen-bond donors (Lipinski definition) is 1. The molecule has 0 spiro atoms. The lowest BCUT2D eigenvalue weighted by Gasteiger charge is -2.04. The van der Waals surface area contributed by atoms with E-state index >= 15 is 0 Å². The third kappa shape index (κ3) is 17.5. The van der Waals surface area contributed by atoms with Gasteiger partial charge in [0.05, 0.1) is 20.1 Å². The molecule has 0 aliphatic rings. The van der Waals surface area contributed by atoms with Gasteiger partial charge in [-0.25, -0.2) is 0 Å². The molecule has 0 aliphatic carbocycles. The molecule has 0 saturated heterocycles. The average molecular weight is 203 g/mol. The highest BCUT2D eigenvalue weighted by Gasteiger charge is 1.85. The average Bonchev–Trinajstić information content (AvgIpc) is 2.17. The number of hydrogen-bond acceptors (Lipinski definition) is 2. The SMILES string of the molecule is CCCCCC(=O)[O-].CC[NH+](C)CC. The molecule has 0 heterocycles. The fraction of sp³-hybridized carbons (Fsp3) is 0.909. The number of aliphatic carboxylic acids is 1. The predicted molar refractivity (Wildman–Crippen MR) is 57.1 cm³/mol. The van der Waals surface area contributed by atoms with Gasteiger partial charge in [-0.2, -0.15) is 0 Å². The van der Waals surface area contributed by atoms with Crippen molar-refractivity contribution in [2.45, 2.75) is 46.5 Å². The molecule has 1 N–H and O–H groups in total. The van der Waals surface area contributed by atoms with Crippen LogP contribution in [0.1, 0.15) is 46.5 Å². The van der Waals surface area contributed by atoms with Crippen LogP contribution >= 0.6 is 0 Å². The van der Waals surface area contributed by atoms with E-state index in [1.165, 1.54) is 13.1 Å². The van der Waals surface area contributed by atoms with Gasteiger partial charge >= 0.3 is 0 Å². The second-order valence-electron chi connectivity index (χ2n) is 3.49. The smallest absolute Gasteiger partial charge is 0.0740 e. The van der Waals surface area contributed by atoms with E-state index in [4.69, 9.17) is 0 Å². The van der Waals surface area contributed by atoms with Crippen LogP contribution < -0.4 is 10.0 Å². The number of carboxylic acids is 1. The van der Waals surface area contributed by atoms with Gasteiger partial charge in [0.15, 0.2) is 0 Å². The molecule has 86 valence electrons. The lowest BCUT2D eigenvalue weighted by atomic mass is 10.2. The molecule has 3 nitrogen and oxygen atoms in total. The third-order valence-electron chi connectivity index (χ3n) is 2.19. The van der Waals surface area contributed by atoms with Crippen molar-refractivity contribution in [3.05, 3.63) is 0 Å². The minimum Gasteiger partial charge on any atom is -0.550 e. The van der Waals surface area contributed by atoms with Crippen LogP contribution in [0.15, 0.2) is 0 Å². The van der Waals surface area contributed by atoms with Crippen LogP contribution in [0.5, 0.6) is 0 Å². The van der Waals surface area contributed by atoms with Crippen molar-refractivity contribution in [1.82, 2.24) is 0 Å². The molecule has 0 amide bonds. The first kappa shape index (κ1) is 15.9. The van der Waals surface area contributed by atoms with Gasteiger partial charge in [-0.15, -0.1) is 0 Å². The van der Waals surface area contributed by atoms with E-state index in [-0.39, 0.29) is 6.42 Å². The summed E-state index contributed by atoms with van der Waals surface area (Å²) >= 11 is 0. The maximum Gasteiger partial charge on any atom is 0.0740 e. The van der Waals surface area contributed by atoms with Crippen LogP contribution in [0.3, 0.4) is 0 Å². The number of unbranched alkanes of at least 4 members (excludes halogenated alkanes) is 2. The van der Waals surface area contributed by atoms with Gasteiger partial charge in [-0.3, -0.25) is 0 Å². The van der Waals surface area contributed by atoms with E-state index in [0.717, 1.165) is 19.3 Å². The highest BCUT2D eigenvalue weighted by atomic mass is 16.4. The van der Waals surface area contributed by atoms with E-state index in [0.29, 0.717) is 0 Å². The highest BCUT2D eigenvalue weighted by Crippen LogP contribution is 1.96. The summed E-state index contributed by atoms with van der Waals surface area (Å²) in [7, 11) is 2.19. The first-order valence-corrected chi connectivity index (χ1v) is 5.59. The summed E-state index contributed by atoms with van der Waals surface area (Å²) in [5.41, 5.74) is 0. The Morgan fingerprint density at radius 2 is 1.64 bits per heavy atom. The molecule has 0 aromatic rings. The number of quaternary nitrogens is 1. The standard InChI is InChI=1S/C6H12O2.C5H13N/c1-2-3-4-5-6(7)8;1-4-6(3)5-2/h2-5H2,1H3,(H,7,8);4-5H2,1-3H3. The van der Waals surface area contributed by atoms with Crippen molar-refractivity contribution in [2.75, 3.05) is 20.1 Å². The fourth-order valence-corrected chi connectivity index (χ4v) is 0.769. The Labute approximate surface area is 88.1 Å². The van der Waals surface area contributed by atoms with Crippen molar-refractivity contribution >= 4 is 5.97 Å². The first-order valence-electron chi connectivity index (χ1n) is 5.59. The molecule has 0 fully saturated rings. The van der Waals surface area contributed by atoms with Gasteiger partial charge in [-0.1, -0.05) is 19.8 Å². The number of rotatable bonds is 6. The van der Waals surface area contributed by atoms with Gasteiger partial charge in [0, 0.05) is 5.97 Å². The van der Waals surface area contributed by atoms with Crippen molar-refractivity contribution in [3.63, 3.8) is 0 Å². The van der Waals surface area contributed by atoms with E-state index in [2.05, 4.69) is 20.9 Å². The molecule has 0 radical (unpaired) electrons. The molecule has 0 saturated carbocycles. The Morgan fingerprint density at radius 3 is 1.86 bits per heavy atom. The molecule has 0 aliphatic heterocycles. The predicted octanol–water partition coefficient (Wildman–Crippen LogP) is -0.142. The second kappa shape index (κ2) is 12.4. The summed E-state index contributed by atoms with van der Waals surface area (Å²) in [5, 5.41) is 9.76. The number of carboxylic acid groups (broad SMARTS) is 1. The molecule has 0 aromatic carbocycles. The minimum absolute atomic E-state index is 0.216. The summed E-state index contributed by atoms with van der Waals surface area (Å²) < 4.78 is 0. The lowest BCUT2D eigenvalue weighted by Crippen LogP contribution is -3.08. The van der Waals surface area contributed by atoms with E-state index in [9.17, 15) is 9.90 Å². The maximum absolute atomic E-state index is 9.76.